The van der Waals surface area contributed by atoms with Gasteiger partial charge in [0, 0.05) is 0 Å². The first-order valence-electron chi connectivity index (χ1n) is 21.3. The van der Waals surface area contributed by atoms with Crippen LogP contribution in [0.2, 0.25) is 0 Å². The molecule has 0 rings (SSSR count). The number of hydrogen-bond acceptors (Lipinski definition) is 4. The molecule has 0 saturated carbocycles. The van der Waals surface area contributed by atoms with E-state index in [1.165, 1.54) is 180 Å². The van der Waals surface area contributed by atoms with Gasteiger partial charge in [-0.3, -0.25) is 4.79 Å². The van der Waals surface area contributed by atoms with Crippen LogP contribution in [0.15, 0.2) is 0 Å². The number of carbonyl (C=O) groups is 1. The molecule has 0 saturated heterocycles. The molecule has 0 heterocycles. The summed E-state index contributed by atoms with van der Waals surface area (Å²) in [6, 6.07) is -0.651. The van der Waals surface area contributed by atoms with Crippen LogP contribution in [-0.4, -0.2) is 46.1 Å². The summed E-state index contributed by atoms with van der Waals surface area (Å²) >= 11 is 0. The SMILES string of the molecule is CCCCCCCCCCCCCCCCCCCC(O)C(CO)NC(=O)CC(O)CCCCCCCCCCCCCCCCC. The van der Waals surface area contributed by atoms with Crippen LogP contribution in [-0.2, 0) is 4.79 Å². The minimum Gasteiger partial charge on any atom is -0.394 e. The monoisotopic (exact) mass is 668 g/mol. The molecule has 0 aliphatic heterocycles. The van der Waals surface area contributed by atoms with Gasteiger partial charge in [-0.2, -0.15) is 0 Å². The van der Waals surface area contributed by atoms with Crippen molar-refractivity contribution < 1.29 is 20.1 Å². The van der Waals surface area contributed by atoms with Gasteiger partial charge in [-0.15, -0.1) is 0 Å². The van der Waals surface area contributed by atoms with Crippen LogP contribution >= 0.6 is 0 Å². The van der Waals surface area contributed by atoms with Crippen LogP contribution in [0.25, 0.3) is 0 Å². The van der Waals surface area contributed by atoms with Gasteiger partial charge >= 0.3 is 0 Å². The fourth-order valence-corrected chi connectivity index (χ4v) is 6.88. The molecule has 3 unspecified atom stereocenters. The van der Waals surface area contributed by atoms with Crippen molar-refractivity contribution in [2.24, 2.45) is 0 Å². The van der Waals surface area contributed by atoms with E-state index < -0.39 is 18.2 Å². The Morgan fingerprint density at radius 2 is 0.723 bits per heavy atom. The van der Waals surface area contributed by atoms with E-state index in [1.54, 1.807) is 0 Å². The van der Waals surface area contributed by atoms with Crippen molar-refractivity contribution in [1.29, 1.82) is 0 Å². The van der Waals surface area contributed by atoms with Crippen molar-refractivity contribution in [3.05, 3.63) is 0 Å². The van der Waals surface area contributed by atoms with Crippen LogP contribution in [0.1, 0.15) is 239 Å². The van der Waals surface area contributed by atoms with Crippen molar-refractivity contribution in [1.82, 2.24) is 5.32 Å². The Morgan fingerprint density at radius 1 is 0.447 bits per heavy atom. The molecule has 0 fully saturated rings. The lowest BCUT2D eigenvalue weighted by molar-refractivity contribution is -0.125. The highest BCUT2D eigenvalue weighted by Crippen LogP contribution is 2.17. The van der Waals surface area contributed by atoms with Crippen LogP contribution in [0.5, 0.6) is 0 Å². The normalized spacial score (nSPS) is 13.6. The first kappa shape index (κ1) is 46.4. The van der Waals surface area contributed by atoms with E-state index in [-0.39, 0.29) is 18.9 Å². The molecule has 0 aromatic rings. The molecule has 5 heteroatoms. The fraction of sp³-hybridized carbons (Fsp3) is 0.976. The molecule has 0 spiro atoms. The standard InChI is InChI=1S/C42H85NO4/c1-3-5-7-9-11-13-15-17-19-20-22-24-26-28-30-32-34-36-41(46)40(38-44)43-42(47)37-39(45)35-33-31-29-27-25-23-21-18-16-14-12-10-8-6-4-2/h39-41,44-46H,3-38H2,1-2H3,(H,43,47). The van der Waals surface area contributed by atoms with Crippen molar-refractivity contribution in [3.8, 4) is 0 Å². The van der Waals surface area contributed by atoms with Crippen LogP contribution < -0.4 is 5.32 Å². The quantitative estimate of drug-likeness (QED) is 0.0491. The zero-order valence-corrected chi connectivity index (χ0v) is 31.9. The third-order valence-electron chi connectivity index (χ3n) is 10.2. The molecule has 0 aromatic heterocycles. The summed E-state index contributed by atoms with van der Waals surface area (Å²) in [5.41, 5.74) is 0. The summed E-state index contributed by atoms with van der Waals surface area (Å²) in [5, 5.41) is 33.4. The van der Waals surface area contributed by atoms with Gasteiger partial charge in [-0.1, -0.05) is 219 Å². The molecule has 0 aliphatic rings. The Labute approximate surface area is 294 Å². The van der Waals surface area contributed by atoms with Crippen LogP contribution in [0.3, 0.4) is 0 Å². The number of carbonyl (C=O) groups excluding carboxylic acids is 1. The van der Waals surface area contributed by atoms with Crippen molar-refractivity contribution in [2.45, 2.75) is 257 Å². The maximum Gasteiger partial charge on any atom is 0.222 e. The molecule has 0 aliphatic carbocycles. The highest BCUT2D eigenvalue weighted by Gasteiger charge is 2.21. The molecule has 47 heavy (non-hydrogen) atoms. The van der Waals surface area contributed by atoms with Gasteiger partial charge in [0.15, 0.2) is 0 Å². The highest BCUT2D eigenvalue weighted by atomic mass is 16.3. The Kier molecular flexibility index (Phi) is 37.6. The van der Waals surface area contributed by atoms with Crippen molar-refractivity contribution in [2.75, 3.05) is 6.61 Å². The Balaban J connectivity index is 3.59. The second-order valence-electron chi connectivity index (χ2n) is 15.0. The lowest BCUT2D eigenvalue weighted by Gasteiger charge is -2.23. The number of hydrogen-bond donors (Lipinski definition) is 4. The predicted octanol–water partition coefficient (Wildman–Crippen LogP) is 11.9. The van der Waals surface area contributed by atoms with E-state index in [2.05, 4.69) is 19.2 Å². The minimum atomic E-state index is -0.743. The molecular weight excluding hydrogens is 582 g/mol. The molecule has 0 radical (unpaired) electrons. The maximum atomic E-state index is 12.4. The zero-order valence-electron chi connectivity index (χ0n) is 31.9. The smallest absolute Gasteiger partial charge is 0.222 e. The molecule has 0 aromatic carbocycles. The van der Waals surface area contributed by atoms with E-state index in [0.717, 1.165) is 25.7 Å². The number of rotatable bonds is 39. The molecular formula is C42H85NO4. The summed E-state index contributed by atoms with van der Waals surface area (Å²) in [5.74, 6) is -0.279. The molecule has 4 N–H and O–H groups in total. The van der Waals surface area contributed by atoms with Crippen molar-refractivity contribution in [3.63, 3.8) is 0 Å². The molecule has 1 amide bonds. The lowest BCUT2D eigenvalue weighted by atomic mass is 10.0. The van der Waals surface area contributed by atoms with Gasteiger partial charge in [-0.25, -0.2) is 0 Å². The maximum absolute atomic E-state index is 12.4. The van der Waals surface area contributed by atoms with E-state index in [4.69, 9.17) is 0 Å². The Morgan fingerprint density at radius 3 is 1.02 bits per heavy atom. The number of amides is 1. The molecule has 282 valence electrons. The second kappa shape index (κ2) is 38.2. The van der Waals surface area contributed by atoms with E-state index in [9.17, 15) is 20.1 Å². The zero-order chi connectivity index (χ0) is 34.5. The highest BCUT2D eigenvalue weighted by molar-refractivity contribution is 5.76. The number of aliphatic hydroxyl groups excluding tert-OH is 3. The summed E-state index contributed by atoms with van der Waals surface area (Å²) in [6.45, 7) is 4.28. The van der Waals surface area contributed by atoms with E-state index in [0.29, 0.717) is 12.8 Å². The summed E-state index contributed by atoms with van der Waals surface area (Å²) < 4.78 is 0. The van der Waals surface area contributed by atoms with Crippen LogP contribution in [0, 0.1) is 0 Å². The van der Waals surface area contributed by atoms with Crippen molar-refractivity contribution >= 4 is 5.91 Å². The fourth-order valence-electron chi connectivity index (χ4n) is 6.88. The van der Waals surface area contributed by atoms with E-state index in [1.807, 2.05) is 0 Å². The first-order valence-corrected chi connectivity index (χ1v) is 21.3. The van der Waals surface area contributed by atoms with Gasteiger partial charge in [0.2, 0.25) is 5.91 Å². The topological polar surface area (TPSA) is 89.8 Å². The van der Waals surface area contributed by atoms with Gasteiger partial charge in [0.1, 0.15) is 0 Å². The number of nitrogens with one attached hydrogen (secondary N) is 1. The van der Waals surface area contributed by atoms with Gasteiger partial charge < -0.3 is 20.6 Å². The van der Waals surface area contributed by atoms with Gasteiger partial charge in [0.05, 0.1) is 31.3 Å². The average molecular weight is 668 g/mol. The second-order valence-corrected chi connectivity index (χ2v) is 15.0. The largest absolute Gasteiger partial charge is 0.394 e. The first-order chi connectivity index (χ1) is 23.0. The van der Waals surface area contributed by atoms with Gasteiger partial charge in [-0.05, 0) is 12.8 Å². The number of aliphatic hydroxyl groups is 3. The van der Waals surface area contributed by atoms with E-state index >= 15 is 0 Å². The third kappa shape index (κ3) is 35.0. The molecule has 0 bridgehead atoms. The van der Waals surface area contributed by atoms with Gasteiger partial charge in [0.25, 0.3) is 0 Å². The summed E-state index contributed by atoms with van der Waals surface area (Å²) in [6.07, 6.45) is 42.0. The summed E-state index contributed by atoms with van der Waals surface area (Å²) in [4.78, 5) is 12.4. The average Bonchev–Trinajstić information content (AvgIpc) is 3.06. The lowest BCUT2D eigenvalue weighted by Crippen LogP contribution is -2.46. The molecule has 5 nitrogen and oxygen atoms in total. The molecule has 3 atom stereocenters. The summed E-state index contributed by atoms with van der Waals surface area (Å²) in [7, 11) is 0. The van der Waals surface area contributed by atoms with Crippen LogP contribution in [0.4, 0.5) is 0 Å². The third-order valence-corrected chi connectivity index (χ3v) is 10.2. The predicted molar refractivity (Wildman–Crippen MR) is 204 cm³/mol. The Hall–Kier alpha value is -0.650. The number of unbranched alkanes of at least 4 members (excludes halogenated alkanes) is 30. The Bertz CT molecular complexity index is 615. The minimum absolute atomic E-state index is 0.0426.